The van der Waals surface area contributed by atoms with Crippen LogP contribution in [0.2, 0.25) is 0 Å². The minimum absolute atomic E-state index is 0.0276. The molecular formula is C27H31NO6S. The van der Waals surface area contributed by atoms with Gasteiger partial charge in [-0.2, -0.15) is 0 Å². The number of aryl methyl sites for hydroxylation is 1. The number of thiazole rings is 1. The Labute approximate surface area is 209 Å². The molecule has 1 aliphatic rings. The molecular weight excluding hydrogens is 466 g/mol. The Morgan fingerprint density at radius 2 is 1.77 bits per heavy atom. The first-order chi connectivity index (χ1) is 16.9. The number of fused-ring (bicyclic) bond motifs is 1. The molecule has 0 spiro atoms. The van der Waals surface area contributed by atoms with Gasteiger partial charge in [-0.25, -0.2) is 4.98 Å². The van der Waals surface area contributed by atoms with Crippen LogP contribution in [0.1, 0.15) is 45.5 Å². The molecule has 2 atom stereocenters. The first-order valence-corrected chi connectivity index (χ1v) is 12.5. The molecule has 0 saturated heterocycles. The first kappa shape index (κ1) is 25.2. The summed E-state index contributed by atoms with van der Waals surface area (Å²) in [5, 5.41) is 23.1. The Hall–Kier alpha value is -2.94. The average Bonchev–Trinajstić information content (AvgIpc) is 3.47. The Morgan fingerprint density at radius 1 is 1.14 bits per heavy atom. The van der Waals surface area contributed by atoms with Crippen LogP contribution >= 0.6 is 11.3 Å². The lowest BCUT2D eigenvalue weighted by molar-refractivity contribution is -0.136. The summed E-state index contributed by atoms with van der Waals surface area (Å²) in [6.45, 7) is 1.91. The number of aliphatic carboxylic acids is 1. The van der Waals surface area contributed by atoms with Crippen molar-refractivity contribution in [1.29, 1.82) is 0 Å². The van der Waals surface area contributed by atoms with Crippen molar-refractivity contribution in [3.05, 3.63) is 74.7 Å². The molecule has 0 amide bonds. The maximum absolute atomic E-state index is 11.5. The van der Waals surface area contributed by atoms with Crippen LogP contribution in [0.3, 0.4) is 0 Å². The van der Waals surface area contributed by atoms with E-state index in [0.29, 0.717) is 35.6 Å². The molecule has 4 rings (SSSR count). The Kier molecular flexibility index (Phi) is 8.05. The quantitative estimate of drug-likeness (QED) is 0.407. The fourth-order valence-electron chi connectivity index (χ4n) is 4.62. The van der Waals surface area contributed by atoms with Crippen molar-refractivity contribution >= 4 is 17.3 Å². The first-order valence-electron chi connectivity index (χ1n) is 11.7. The van der Waals surface area contributed by atoms with E-state index >= 15 is 0 Å². The second kappa shape index (κ2) is 11.2. The van der Waals surface area contributed by atoms with Gasteiger partial charge in [-0.15, -0.1) is 11.3 Å². The number of aliphatic hydroxyl groups is 1. The summed E-state index contributed by atoms with van der Waals surface area (Å²) >= 11 is 1.44. The molecule has 0 aliphatic heterocycles. The van der Waals surface area contributed by atoms with E-state index in [1.54, 1.807) is 19.6 Å². The molecule has 0 unspecified atom stereocenters. The van der Waals surface area contributed by atoms with Crippen molar-refractivity contribution in [1.82, 2.24) is 4.98 Å². The Balaban J connectivity index is 1.55. The molecule has 1 aliphatic carbocycles. The van der Waals surface area contributed by atoms with Crippen LogP contribution in [0.4, 0.5) is 0 Å². The van der Waals surface area contributed by atoms with Gasteiger partial charge in [-0.3, -0.25) is 4.79 Å². The van der Waals surface area contributed by atoms with Crippen molar-refractivity contribution in [3.63, 3.8) is 0 Å². The van der Waals surface area contributed by atoms with E-state index in [2.05, 4.69) is 17.1 Å². The smallest absolute Gasteiger partial charge is 0.309 e. The van der Waals surface area contributed by atoms with E-state index in [-0.39, 0.29) is 12.5 Å². The molecule has 0 bridgehead atoms. The number of methoxy groups -OCH3 is 2. The van der Waals surface area contributed by atoms with Gasteiger partial charge in [0.1, 0.15) is 17.6 Å². The standard InChI is InChI=1S/C27H31NO6S/c1-16-23(32-2)12-19(13-24(16)33-3)27(31)22(8-9-25-28-20(15-35-25)14-26(29)30)34-21-10-17-6-4-5-7-18(17)11-21/h4-7,12-13,15,21-22,27,31H,8-11,14H2,1-3H3,(H,29,30)/t22-,27+/m0/s1. The second-order valence-electron chi connectivity index (χ2n) is 8.81. The molecule has 0 saturated carbocycles. The van der Waals surface area contributed by atoms with Gasteiger partial charge in [0.05, 0.1) is 43.5 Å². The molecule has 1 aromatic heterocycles. The minimum atomic E-state index is -0.902. The van der Waals surface area contributed by atoms with Gasteiger partial charge in [-0.1, -0.05) is 24.3 Å². The van der Waals surface area contributed by atoms with E-state index in [9.17, 15) is 9.90 Å². The van der Waals surface area contributed by atoms with Crippen molar-refractivity contribution in [2.75, 3.05) is 14.2 Å². The number of hydrogen-bond donors (Lipinski definition) is 2. The predicted molar refractivity (Wildman–Crippen MR) is 134 cm³/mol. The molecule has 1 heterocycles. The van der Waals surface area contributed by atoms with Crippen molar-refractivity contribution in [2.24, 2.45) is 0 Å². The number of benzene rings is 2. The third-order valence-corrected chi connectivity index (χ3v) is 7.38. The minimum Gasteiger partial charge on any atom is -0.496 e. The van der Waals surface area contributed by atoms with Crippen LogP contribution < -0.4 is 9.47 Å². The fourth-order valence-corrected chi connectivity index (χ4v) is 5.43. The second-order valence-corrected chi connectivity index (χ2v) is 9.75. The molecule has 3 aromatic rings. The maximum atomic E-state index is 11.5. The van der Waals surface area contributed by atoms with Gasteiger partial charge in [0.25, 0.3) is 0 Å². The van der Waals surface area contributed by atoms with Crippen LogP contribution in [-0.4, -0.2) is 47.6 Å². The summed E-state index contributed by atoms with van der Waals surface area (Å²) in [6.07, 6.45) is 1.21. The van der Waals surface area contributed by atoms with E-state index in [4.69, 9.17) is 19.3 Å². The number of carbonyl (C=O) groups is 1. The molecule has 186 valence electrons. The zero-order valence-electron chi connectivity index (χ0n) is 20.2. The number of hydrogen-bond acceptors (Lipinski definition) is 7. The summed E-state index contributed by atoms with van der Waals surface area (Å²) in [5.41, 5.74) is 4.64. The Morgan fingerprint density at radius 3 is 2.34 bits per heavy atom. The van der Waals surface area contributed by atoms with Gasteiger partial charge in [-0.05, 0) is 55.0 Å². The molecule has 7 nitrogen and oxygen atoms in total. The summed E-state index contributed by atoms with van der Waals surface area (Å²) in [7, 11) is 3.19. The van der Waals surface area contributed by atoms with E-state index in [1.807, 2.05) is 31.2 Å². The molecule has 8 heteroatoms. The zero-order chi connectivity index (χ0) is 24.9. The number of aliphatic hydroxyl groups excluding tert-OH is 1. The SMILES string of the molecule is COc1cc([C@@H](O)[C@H](CCc2nc(CC(=O)O)cs2)OC2Cc3ccccc3C2)cc(OC)c1C. The average molecular weight is 498 g/mol. The third kappa shape index (κ3) is 6.01. The highest BCUT2D eigenvalue weighted by Gasteiger charge is 2.30. The van der Waals surface area contributed by atoms with Crippen LogP contribution in [-0.2, 0) is 35.2 Å². The monoisotopic (exact) mass is 497 g/mol. The van der Waals surface area contributed by atoms with Gasteiger partial charge in [0.15, 0.2) is 0 Å². The molecule has 2 aromatic carbocycles. The Bertz CT molecular complexity index is 1130. The zero-order valence-corrected chi connectivity index (χ0v) is 21.0. The largest absolute Gasteiger partial charge is 0.496 e. The number of aromatic nitrogens is 1. The highest BCUT2D eigenvalue weighted by atomic mass is 32.1. The number of carboxylic acid groups (broad SMARTS) is 1. The van der Waals surface area contributed by atoms with Gasteiger partial charge in [0.2, 0.25) is 0 Å². The fraction of sp³-hybridized carbons (Fsp3) is 0.407. The van der Waals surface area contributed by atoms with Gasteiger partial charge in [0, 0.05) is 17.4 Å². The number of carboxylic acids is 1. The van der Waals surface area contributed by atoms with Crippen LogP contribution in [0.25, 0.3) is 0 Å². The third-order valence-electron chi connectivity index (χ3n) is 6.42. The lowest BCUT2D eigenvalue weighted by Gasteiger charge is -2.27. The van der Waals surface area contributed by atoms with Crippen molar-refractivity contribution < 1.29 is 29.2 Å². The summed E-state index contributed by atoms with van der Waals surface area (Å²) in [5.74, 6) is 0.383. The van der Waals surface area contributed by atoms with E-state index in [1.165, 1.54) is 22.5 Å². The summed E-state index contributed by atoms with van der Waals surface area (Å²) < 4.78 is 17.6. The van der Waals surface area contributed by atoms with E-state index in [0.717, 1.165) is 23.4 Å². The van der Waals surface area contributed by atoms with E-state index < -0.39 is 18.2 Å². The van der Waals surface area contributed by atoms with Crippen LogP contribution in [0.15, 0.2) is 41.8 Å². The highest BCUT2D eigenvalue weighted by Crippen LogP contribution is 2.36. The van der Waals surface area contributed by atoms with Crippen molar-refractivity contribution in [2.45, 2.75) is 57.3 Å². The molecule has 35 heavy (non-hydrogen) atoms. The van der Waals surface area contributed by atoms with Gasteiger partial charge >= 0.3 is 5.97 Å². The number of nitrogens with zero attached hydrogens (tertiary/aromatic N) is 1. The van der Waals surface area contributed by atoms with Crippen LogP contribution in [0.5, 0.6) is 11.5 Å². The lowest BCUT2D eigenvalue weighted by Crippen LogP contribution is -2.29. The van der Waals surface area contributed by atoms with Gasteiger partial charge < -0.3 is 24.4 Å². The predicted octanol–water partition coefficient (Wildman–Crippen LogP) is 4.31. The molecule has 0 fully saturated rings. The molecule has 2 N–H and O–H groups in total. The topological polar surface area (TPSA) is 98.1 Å². The lowest BCUT2D eigenvalue weighted by atomic mass is 9.98. The maximum Gasteiger partial charge on any atom is 0.309 e. The number of ether oxygens (including phenoxy) is 3. The summed E-state index contributed by atoms with van der Waals surface area (Å²) in [4.78, 5) is 15.4. The highest BCUT2D eigenvalue weighted by molar-refractivity contribution is 7.09. The number of rotatable bonds is 11. The normalized spacial score (nSPS) is 15.0. The van der Waals surface area contributed by atoms with Crippen LogP contribution in [0, 0.1) is 6.92 Å². The van der Waals surface area contributed by atoms with Crippen molar-refractivity contribution in [3.8, 4) is 11.5 Å². The molecule has 0 radical (unpaired) electrons. The summed E-state index contributed by atoms with van der Waals surface area (Å²) in [6, 6.07) is 12.0.